The van der Waals surface area contributed by atoms with Crippen molar-refractivity contribution in [2.45, 2.75) is 36.9 Å². The highest BCUT2D eigenvalue weighted by Gasteiger charge is 2.41. The molecule has 2 aromatic heterocycles. The molecule has 2 heterocycles. The molecule has 0 bridgehead atoms. The summed E-state index contributed by atoms with van der Waals surface area (Å²) in [5.74, 6) is -2.58. The molecular formula is C12H14ClF3N6O4. The van der Waals surface area contributed by atoms with E-state index in [2.05, 4.69) is 15.0 Å². The topological polar surface area (TPSA) is 173 Å². The molecule has 0 radical (unpaired) electrons. The van der Waals surface area contributed by atoms with Gasteiger partial charge in [-0.1, -0.05) is 0 Å². The highest BCUT2D eigenvalue weighted by molar-refractivity contribution is 6.28. The molecule has 1 saturated carbocycles. The quantitative estimate of drug-likeness (QED) is 0.403. The van der Waals surface area contributed by atoms with Crippen molar-refractivity contribution in [1.82, 2.24) is 19.5 Å². The number of rotatable bonds is 1. The lowest BCUT2D eigenvalue weighted by Crippen LogP contribution is -2.35. The number of hydrogen-bond donors (Lipinski definition) is 5. The number of anilines is 1. The van der Waals surface area contributed by atoms with Crippen molar-refractivity contribution >= 4 is 34.6 Å². The molecule has 2 aromatic rings. The molecule has 1 aliphatic rings. The van der Waals surface area contributed by atoms with Crippen molar-refractivity contribution in [1.29, 1.82) is 0 Å². The maximum Gasteiger partial charge on any atom is 0.490 e. The van der Waals surface area contributed by atoms with E-state index in [0.29, 0.717) is 17.6 Å². The van der Waals surface area contributed by atoms with Gasteiger partial charge < -0.3 is 31.4 Å². The Bertz CT molecular complexity index is 816. The van der Waals surface area contributed by atoms with Crippen molar-refractivity contribution in [3.63, 3.8) is 0 Å². The number of hydrogen-bond acceptors (Lipinski definition) is 8. The first-order valence-corrected chi connectivity index (χ1v) is 7.38. The van der Waals surface area contributed by atoms with Gasteiger partial charge in [-0.3, -0.25) is 0 Å². The standard InChI is InChI=1S/C10H13ClN6O2.C2HF3O2/c11-10-15-8(13)5-9(16-10)17(2-14-5)4-1-3(12)6(18)7(4)19;3-2(4,5)1(6)7/h2-4,6-7,18-19H,1,12H2,(H2,13,15,16);(H,6,7)/t3-,4+,6+,7-;/m0./s1. The number of imidazole rings is 1. The van der Waals surface area contributed by atoms with Gasteiger partial charge >= 0.3 is 12.1 Å². The summed E-state index contributed by atoms with van der Waals surface area (Å²) in [4.78, 5) is 20.9. The van der Waals surface area contributed by atoms with Crippen LogP contribution in [0.1, 0.15) is 12.5 Å². The zero-order chi connectivity index (χ0) is 19.8. The van der Waals surface area contributed by atoms with Crippen molar-refractivity contribution in [3.8, 4) is 0 Å². The van der Waals surface area contributed by atoms with E-state index in [1.807, 2.05) is 0 Å². The molecule has 0 amide bonds. The van der Waals surface area contributed by atoms with Crippen molar-refractivity contribution in [3.05, 3.63) is 11.6 Å². The van der Waals surface area contributed by atoms with Crippen LogP contribution in [0.4, 0.5) is 19.0 Å². The minimum absolute atomic E-state index is 0.00378. The Hall–Kier alpha value is -2.22. The van der Waals surface area contributed by atoms with E-state index >= 15 is 0 Å². The number of carboxylic acids is 1. The van der Waals surface area contributed by atoms with Crippen LogP contribution in [0.2, 0.25) is 5.28 Å². The molecule has 0 spiro atoms. The summed E-state index contributed by atoms with van der Waals surface area (Å²) in [6.45, 7) is 0. The first-order valence-electron chi connectivity index (χ1n) is 7.00. The number of carboxylic acid groups (broad SMARTS) is 1. The van der Waals surface area contributed by atoms with Crippen LogP contribution in [-0.2, 0) is 4.79 Å². The molecule has 0 aliphatic heterocycles. The number of fused-ring (bicyclic) bond motifs is 1. The number of carbonyl (C=O) groups is 1. The van der Waals surface area contributed by atoms with Gasteiger partial charge in [-0.25, -0.2) is 9.78 Å². The van der Waals surface area contributed by atoms with Gasteiger partial charge in [0.2, 0.25) is 5.28 Å². The summed E-state index contributed by atoms with van der Waals surface area (Å²) in [6, 6.07) is -0.910. The molecule has 144 valence electrons. The van der Waals surface area contributed by atoms with E-state index in [-0.39, 0.29) is 11.1 Å². The van der Waals surface area contributed by atoms with Crippen molar-refractivity contribution in [2.24, 2.45) is 5.73 Å². The molecule has 0 saturated heterocycles. The van der Waals surface area contributed by atoms with Crippen LogP contribution in [-0.4, -0.2) is 65.2 Å². The lowest BCUT2D eigenvalue weighted by atomic mass is 10.2. The molecule has 3 rings (SSSR count). The number of aliphatic hydroxyl groups excluding tert-OH is 2. The lowest BCUT2D eigenvalue weighted by Gasteiger charge is -2.17. The number of aliphatic hydroxyl groups is 2. The van der Waals surface area contributed by atoms with Gasteiger partial charge in [-0.05, 0) is 18.0 Å². The van der Waals surface area contributed by atoms with Gasteiger partial charge in [0, 0.05) is 6.04 Å². The van der Waals surface area contributed by atoms with Crippen LogP contribution in [0.15, 0.2) is 6.33 Å². The highest BCUT2D eigenvalue weighted by atomic mass is 35.5. The van der Waals surface area contributed by atoms with Crippen LogP contribution >= 0.6 is 11.6 Å². The van der Waals surface area contributed by atoms with E-state index in [9.17, 15) is 23.4 Å². The zero-order valence-electron chi connectivity index (χ0n) is 12.8. The molecule has 0 aromatic carbocycles. The molecule has 0 unspecified atom stereocenters. The van der Waals surface area contributed by atoms with Crippen molar-refractivity contribution < 1.29 is 33.3 Å². The van der Waals surface area contributed by atoms with E-state index in [1.54, 1.807) is 4.57 Å². The second kappa shape index (κ2) is 7.19. The second-order valence-corrected chi connectivity index (χ2v) is 5.79. The average molecular weight is 399 g/mol. The Morgan fingerprint density at radius 3 is 2.35 bits per heavy atom. The summed E-state index contributed by atoms with van der Waals surface area (Å²) < 4.78 is 33.4. The van der Waals surface area contributed by atoms with Gasteiger partial charge in [0.05, 0.1) is 18.5 Å². The first-order chi connectivity index (χ1) is 11.9. The smallest absolute Gasteiger partial charge is 0.475 e. The molecule has 26 heavy (non-hydrogen) atoms. The molecular weight excluding hydrogens is 385 g/mol. The summed E-state index contributed by atoms with van der Waals surface area (Å²) in [5.41, 5.74) is 12.3. The SMILES string of the molecule is Nc1nc(Cl)nc2c1ncn2[C@@H]1C[C@H](N)[C@@H](O)[C@H]1O.O=C(O)C(F)(F)F. The molecule has 1 fully saturated rings. The lowest BCUT2D eigenvalue weighted by molar-refractivity contribution is -0.192. The number of aliphatic carboxylic acids is 1. The Morgan fingerprint density at radius 1 is 1.31 bits per heavy atom. The summed E-state index contributed by atoms with van der Waals surface area (Å²) in [7, 11) is 0. The number of halogens is 4. The van der Waals surface area contributed by atoms with E-state index < -0.39 is 36.4 Å². The van der Waals surface area contributed by atoms with Gasteiger partial charge in [-0.2, -0.15) is 23.1 Å². The Labute approximate surface area is 148 Å². The van der Waals surface area contributed by atoms with E-state index in [4.69, 9.17) is 33.0 Å². The molecule has 4 atom stereocenters. The van der Waals surface area contributed by atoms with Gasteiger partial charge in [0.25, 0.3) is 0 Å². The third-order valence-corrected chi connectivity index (χ3v) is 3.89. The Kier molecular flexibility index (Phi) is 5.55. The van der Waals surface area contributed by atoms with Crippen LogP contribution in [0, 0.1) is 0 Å². The highest BCUT2D eigenvalue weighted by Crippen LogP contribution is 2.32. The number of aromatic nitrogens is 4. The predicted molar refractivity (Wildman–Crippen MR) is 82.1 cm³/mol. The second-order valence-electron chi connectivity index (χ2n) is 5.45. The van der Waals surface area contributed by atoms with Crippen LogP contribution in [0.3, 0.4) is 0 Å². The summed E-state index contributed by atoms with van der Waals surface area (Å²) in [6.07, 6.45) is -5.14. The third-order valence-electron chi connectivity index (χ3n) is 3.72. The number of nitrogens with two attached hydrogens (primary N) is 2. The third kappa shape index (κ3) is 3.95. The Morgan fingerprint density at radius 2 is 1.88 bits per heavy atom. The molecule has 7 N–H and O–H groups in total. The fourth-order valence-electron chi connectivity index (χ4n) is 2.47. The van der Waals surface area contributed by atoms with Crippen LogP contribution in [0.25, 0.3) is 11.2 Å². The first kappa shape index (κ1) is 20.1. The molecule has 14 heteroatoms. The minimum Gasteiger partial charge on any atom is -0.475 e. The van der Waals surface area contributed by atoms with Crippen molar-refractivity contribution in [2.75, 3.05) is 5.73 Å². The predicted octanol–water partition coefficient (Wildman–Crippen LogP) is -0.311. The normalized spacial score (nSPS) is 25.8. The number of alkyl halides is 3. The van der Waals surface area contributed by atoms with Gasteiger partial charge in [0.1, 0.15) is 11.6 Å². The van der Waals surface area contributed by atoms with E-state index in [1.165, 1.54) is 6.33 Å². The summed E-state index contributed by atoms with van der Waals surface area (Å²) in [5, 5.41) is 26.9. The summed E-state index contributed by atoms with van der Waals surface area (Å²) >= 11 is 5.77. The number of nitrogens with zero attached hydrogens (tertiary/aromatic N) is 4. The molecule has 1 aliphatic carbocycles. The maximum absolute atomic E-state index is 10.6. The minimum atomic E-state index is -5.08. The zero-order valence-corrected chi connectivity index (χ0v) is 13.6. The number of nitrogen functional groups attached to an aromatic ring is 1. The fraction of sp³-hybridized carbons (Fsp3) is 0.500. The fourth-order valence-corrected chi connectivity index (χ4v) is 2.64. The van der Waals surface area contributed by atoms with Gasteiger partial charge in [-0.15, -0.1) is 0 Å². The average Bonchev–Trinajstić information content (AvgIpc) is 3.04. The van der Waals surface area contributed by atoms with Crippen LogP contribution in [0.5, 0.6) is 0 Å². The Balaban J connectivity index is 0.000000298. The maximum atomic E-state index is 10.6. The monoisotopic (exact) mass is 398 g/mol. The van der Waals surface area contributed by atoms with Gasteiger partial charge in [0.15, 0.2) is 11.5 Å². The van der Waals surface area contributed by atoms with E-state index in [0.717, 1.165) is 0 Å². The largest absolute Gasteiger partial charge is 0.490 e. The van der Waals surface area contributed by atoms with Crippen LogP contribution < -0.4 is 11.5 Å². The molecule has 10 nitrogen and oxygen atoms in total.